The monoisotopic (exact) mass is 348 g/mol. The molecule has 7 nitrogen and oxygen atoms in total. The molecule has 0 fully saturated rings. The number of nitrogens with two attached hydrogens (primary N) is 1. The second-order valence-corrected chi connectivity index (χ2v) is 7.05. The van der Waals surface area contributed by atoms with E-state index >= 15 is 0 Å². The molecule has 0 aliphatic carbocycles. The number of hydrogen-bond acceptors (Lipinski definition) is 5. The SMILES string of the molecule is CS(=O)(=O)c1cccc(C(=O)Nc2ccc(OCC(N)=O)cc2)c1. The third-order valence-corrected chi connectivity index (χ3v) is 4.13. The molecule has 0 spiro atoms. The van der Waals surface area contributed by atoms with Crippen molar-refractivity contribution < 1.29 is 22.7 Å². The van der Waals surface area contributed by atoms with Gasteiger partial charge in [0.15, 0.2) is 16.4 Å². The predicted molar refractivity (Wildman–Crippen MR) is 88.6 cm³/mol. The molecule has 0 aliphatic rings. The Kier molecular flexibility index (Phi) is 5.20. The first kappa shape index (κ1) is 17.5. The van der Waals surface area contributed by atoms with Gasteiger partial charge in [0, 0.05) is 17.5 Å². The lowest BCUT2D eigenvalue weighted by Gasteiger charge is -2.08. The molecule has 2 amide bonds. The molecule has 2 rings (SSSR count). The van der Waals surface area contributed by atoms with Gasteiger partial charge in [-0.05, 0) is 42.5 Å². The van der Waals surface area contributed by atoms with Crippen LogP contribution in [0.15, 0.2) is 53.4 Å². The van der Waals surface area contributed by atoms with Crippen molar-refractivity contribution in [2.24, 2.45) is 5.73 Å². The number of carbonyl (C=O) groups excluding carboxylic acids is 2. The van der Waals surface area contributed by atoms with Gasteiger partial charge < -0.3 is 15.8 Å². The van der Waals surface area contributed by atoms with E-state index in [1.807, 2.05) is 0 Å². The number of benzene rings is 2. The van der Waals surface area contributed by atoms with Gasteiger partial charge >= 0.3 is 0 Å². The van der Waals surface area contributed by atoms with E-state index in [1.165, 1.54) is 24.3 Å². The van der Waals surface area contributed by atoms with Crippen molar-refractivity contribution in [3.63, 3.8) is 0 Å². The highest BCUT2D eigenvalue weighted by Gasteiger charge is 2.12. The normalized spacial score (nSPS) is 10.9. The molecular formula is C16H16N2O5S. The van der Waals surface area contributed by atoms with Crippen molar-refractivity contribution in [1.82, 2.24) is 0 Å². The molecule has 0 bridgehead atoms. The molecule has 2 aromatic carbocycles. The van der Waals surface area contributed by atoms with E-state index in [0.29, 0.717) is 11.4 Å². The van der Waals surface area contributed by atoms with Gasteiger partial charge in [0.2, 0.25) is 0 Å². The smallest absolute Gasteiger partial charge is 0.255 e. The highest BCUT2D eigenvalue weighted by atomic mass is 32.2. The van der Waals surface area contributed by atoms with E-state index in [-0.39, 0.29) is 17.1 Å². The van der Waals surface area contributed by atoms with E-state index in [9.17, 15) is 18.0 Å². The first-order valence-electron chi connectivity index (χ1n) is 6.88. The zero-order valence-corrected chi connectivity index (χ0v) is 13.7. The molecule has 0 unspecified atom stereocenters. The summed E-state index contributed by atoms with van der Waals surface area (Å²) in [5.74, 6) is -0.588. The highest BCUT2D eigenvalue weighted by Crippen LogP contribution is 2.17. The van der Waals surface area contributed by atoms with Gasteiger partial charge in [-0.1, -0.05) is 6.07 Å². The van der Waals surface area contributed by atoms with Crippen LogP contribution in [0.25, 0.3) is 0 Å². The van der Waals surface area contributed by atoms with E-state index in [2.05, 4.69) is 5.32 Å². The number of rotatable bonds is 6. The van der Waals surface area contributed by atoms with Crippen LogP contribution in [0.5, 0.6) is 5.75 Å². The van der Waals surface area contributed by atoms with Crippen LogP contribution in [0.4, 0.5) is 5.69 Å². The van der Waals surface area contributed by atoms with Gasteiger partial charge in [-0.3, -0.25) is 9.59 Å². The molecule has 0 heterocycles. The Labute approximate surface area is 139 Å². The summed E-state index contributed by atoms with van der Waals surface area (Å²) in [6, 6.07) is 12.1. The summed E-state index contributed by atoms with van der Waals surface area (Å²) in [6.45, 7) is -0.232. The van der Waals surface area contributed by atoms with E-state index in [4.69, 9.17) is 10.5 Å². The standard InChI is InChI=1S/C16H16N2O5S/c1-24(21,22)14-4-2-3-11(9-14)16(20)18-12-5-7-13(8-6-12)23-10-15(17)19/h2-9H,10H2,1H3,(H2,17,19)(H,18,20). The summed E-state index contributed by atoms with van der Waals surface area (Å²) < 4.78 is 28.2. The average Bonchev–Trinajstić information content (AvgIpc) is 2.53. The molecular weight excluding hydrogens is 332 g/mol. The number of ether oxygens (including phenoxy) is 1. The fourth-order valence-corrected chi connectivity index (χ4v) is 2.53. The molecule has 0 saturated carbocycles. The van der Waals surface area contributed by atoms with Crippen LogP contribution in [-0.2, 0) is 14.6 Å². The molecule has 3 N–H and O–H groups in total. The lowest BCUT2D eigenvalue weighted by atomic mass is 10.2. The summed E-state index contributed by atoms with van der Waals surface area (Å²) in [5, 5.41) is 2.65. The number of sulfone groups is 1. The van der Waals surface area contributed by atoms with Crippen molar-refractivity contribution in [3.8, 4) is 5.75 Å². The summed E-state index contributed by atoms with van der Waals surface area (Å²) in [4.78, 5) is 22.9. The van der Waals surface area contributed by atoms with Crippen molar-refractivity contribution in [3.05, 3.63) is 54.1 Å². The minimum absolute atomic E-state index is 0.0744. The van der Waals surface area contributed by atoms with E-state index < -0.39 is 21.7 Å². The topological polar surface area (TPSA) is 116 Å². The second kappa shape index (κ2) is 7.14. The first-order chi connectivity index (χ1) is 11.3. The maximum absolute atomic E-state index is 12.2. The second-order valence-electron chi connectivity index (χ2n) is 5.03. The Morgan fingerprint density at radius 3 is 2.38 bits per heavy atom. The summed E-state index contributed by atoms with van der Waals surface area (Å²) in [6.07, 6.45) is 1.08. The summed E-state index contributed by atoms with van der Waals surface area (Å²) >= 11 is 0. The number of amides is 2. The Balaban J connectivity index is 2.08. The lowest BCUT2D eigenvalue weighted by Crippen LogP contribution is -2.20. The Bertz CT molecular complexity index is 860. The fourth-order valence-electron chi connectivity index (χ4n) is 1.86. The van der Waals surface area contributed by atoms with Gasteiger partial charge in [-0.2, -0.15) is 0 Å². The van der Waals surface area contributed by atoms with Gasteiger partial charge in [-0.15, -0.1) is 0 Å². The summed E-state index contributed by atoms with van der Waals surface area (Å²) in [7, 11) is -3.38. The largest absolute Gasteiger partial charge is 0.484 e. The lowest BCUT2D eigenvalue weighted by molar-refractivity contribution is -0.119. The summed E-state index contributed by atoms with van der Waals surface area (Å²) in [5.41, 5.74) is 5.70. The van der Waals surface area contributed by atoms with Crippen molar-refractivity contribution in [1.29, 1.82) is 0 Å². The van der Waals surface area contributed by atoms with Crippen molar-refractivity contribution in [2.45, 2.75) is 4.90 Å². The third kappa shape index (κ3) is 4.82. The van der Waals surface area contributed by atoms with Crippen LogP contribution >= 0.6 is 0 Å². The molecule has 2 aromatic rings. The van der Waals surface area contributed by atoms with Crippen molar-refractivity contribution in [2.75, 3.05) is 18.2 Å². The third-order valence-electron chi connectivity index (χ3n) is 3.02. The van der Waals surface area contributed by atoms with Gasteiger partial charge in [0.1, 0.15) is 5.75 Å². The zero-order chi connectivity index (χ0) is 17.7. The van der Waals surface area contributed by atoms with Crippen molar-refractivity contribution >= 4 is 27.3 Å². The maximum atomic E-state index is 12.2. The zero-order valence-electron chi connectivity index (χ0n) is 12.9. The van der Waals surface area contributed by atoms with Crippen LogP contribution < -0.4 is 15.8 Å². The average molecular weight is 348 g/mol. The number of anilines is 1. The Hall–Kier alpha value is -2.87. The molecule has 126 valence electrons. The Morgan fingerprint density at radius 2 is 1.79 bits per heavy atom. The maximum Gasteiger partial charge on any atom is 0.255 e. The highest BCUT2D eigenvalue weighted by molar-refractivity contribution is 7.90. The molecule has 0 aliphatic heterocycles. The fraction of sp³-hybridized carbons (Fsp3) is 0.125. The molecule has 0 atom stereocenters. The molecule has 0 saturated heterocycles. The first-order valence-corrected chi connectivity index (χ1v) is 8.77. The predicted octanol–water partition coefficient (Wildman–Crippen LogP) is 1.21. The number of primary amides is 1. The van der Waals surface area contributed by atoms with E-state index in [0.717, 1.165) is 6.26 Å². The minimum atomic E-state index is -3.38. The van der Waals surface area contributed by atoms with Gasteiger partial charge in [0.05, 0.1) is 4.90 Å². The Morgan fingerprint density at radius 1 is 1.12 bits per heavy atom. The van der Waals surface area contributed by atoms with Crippen LogP contribution in [0.1, 0.15) is 10.4 Å². The number of carbonyl (C=O) groups is 2. The van der Waals surface area contributed by atoms with Crippen LogP contribution in [0.3, 0.4) is 0 Å². The molecule has 0 radical (unpaired) electrons. The van der Waals surface area contributed by atoms with Crippen LogP contribution in [0, 0.1) is 0 Å². The number of nitrogens with one attached hydrogen (secondary N) is 1. The molecule has 0 aromatic heterocycles. The van der Waals surface area contributed by atoms with Crippen LogP contribution in [0.2, 0.25) is 0 Å². The number of hydrogen-bond donors (Lipinski definition) is 2. The van der Waals surface area contributed by atoms with E-state index in [1.54, 1.807) is 24.3 Å². The minimum Gasteiger partial charge on any atom is -0.484 e. The van der Waals surface area contributed by atoms with Gasteiger partial charge in [-0.25, -0.2) is 8.42 Å². The molecule has 24 heavy (non-hydrogen) atoms. The van der Waals surface area contributed by atoms with Gasteiger partial charge in [0.25, 0.3) is 11.8 Å². The molecule has 8 heteroatoms. The van der Waals surface area contributed by atoms with Crippen LogP contribution in [-0.4, -0.2) is 33.1 Å². The quantitative estimate of drug-likeness (QED) is 0.814.